The van der Waals surface area contributed by atoms with E-state index in [2.05, 4.69) is 6.92 Å². The first-order valence-corrected chi connectivity index (χ1v) is 10.6. The van der Waals surface area contributed by atoms with Crippen molar-refractivity contribution in [3.8, 4) is 0 Å². The molecule has 0 saturated heterocycles. The van der Waals surface area contributed by atoms with Gasteiger partial charge in [0.05, 0.1) is 27.7 Å². The number of ether oxygens (including phenoxy) is 1. The SMILES string of the molecule is CCCCCCCCCCCCCCOC(O)(CC(=O)O)C[N+](C)(C)C. The molecule has 5 heteroatoms. The average Bonchev–Trinajstić information content (AvgIpc) is 2.49. The van der Waals surface area contributed by atoms with Crippen molar-refractivity contribution in [3.05, 3.63) is 0 Å². The van der Waals surface area contributed by atoms with Gasteiger partial charge in [0.2, 0.25) is 5.79 Å². The number of nitrogens with zero attached hydrogens (tertiary/aromatic N) is 1. The molecule has 0 saturated carbocycles. The molecular formula is C21H44NO4+. The highest BCUT2D eigenvalue weighted by atomic mass is 16.6. The Hall–Kier alpha value is -0.650. The minimum atomic E-state index is -1.58. The van der Waals surface area contributed by atoms with Crippen LogP contribution in [0, 0.1) is 0 Å². The van der Waals surface area contributed by atoms with Crippen molar-refractivity contribution in [3.63, 3.8) is 0 Å². The number of quaternary nitrogens is 1. The lowest BCUT2D eigenvalue weighted by Gasteiger charge is -2.34. The molecule has 5 nitrogen and oxygen atoms in total. The van der Waals surface area contributed by atoms with Gasteiger partial charge in [-0.05, 0) is 6.42 Å². The molecule has 0 aromatic rings. The lowest BCUT2D eigenvalue weighted by atomic mass is 10.1. The first-order valence-electron chi connectivity index (χ1n) is 10.6. The normalized spacial score (nSPS) is 14.3. The Morgan fingerprint density at radius 3 is 1.65 bits per heavy atom. The van der Waals surface area contributed by atoms with Gasteiger partial charge in [-0.2, -0.15) is 0 Å². The third kappa shape index (κ3) is 16.8. The second-order valence-corrected chi connectivity index (χ2v) is 8.70. The van der Waals surface area contributed by atoms with Crippen LogP contribution in [0.4, 0.5) is 0 Å². The van der Waals surface area contributed by atoms with Crippen molar-refractivity contribution in [1.82, 2.24) is 0 Å². The Kier molecular flexibility index (Phi) is 14.1. The molecule has 0 radical (unpaired) electrons. The predicted octanol–water partition coefficient (Wildman–Crippen LogP) is 4.57. The van der Waals surface area contributed by atoms with E-state index in [0.29, 0.717) is 11.1 Å². The molecule has 0 fully saturated rings. The fourth-order valence-corrected chi connectivity index (χ4v) is 3.34. The summed E-state index contributed by atoms with van der Waals surface area (Å²) >= 11 is 0. The Morgan fingerprint density at radius 1 is 0.846 bits per heavy atom. The molecule has 0 rings (SSSR count). The quantitative estimate of drug-likeness (QED) is 0.209. The van der Waals surface area contributed by atoms with Gasteiger partial charge in [-0.1, -0.05) is 77.6 Å². The first-order chi connectivity index (χ1) is 12.2. The first kappa shape index (κ1) is 25.4. The standard InChI is InChI=1S/C21H43NO4/c1-5-6-7-8-9-10-11-12-13-14-15-16-17-26-21(25,18-20(23)24)19-22(2,3)4/h25H,5-19H2,1-4H3/p+1. The fourth-order valence-electron chi connectivity index (χ4n) is 3.34. The van der Waals surface area contributed by atoms with Crippen LogP contribution in [0.3, 0.4) is 0 Å². The Morgan fingerprint density at radius 2 is 1.27 bits per heavy atom. The number of unbranched alkanes of at least 4 members (excludes halogenated alkanes) is 11. The number of aliphatic hydroxyl groups is 1. The van der Waals surface area contributed by atoms with Gasteiger partial charge in [0.1, 0.15) is 13.0 Å². The van der Waals surface area contributed by atoms with Crippen molar-refractivity contribution in [2.24, 2.45) is 0 Å². The predicted molar refractivity (Wildman–Crippen MR) is 107 cm³/mol. The zero-order valence-corrected chi connectivity index (χ0v) is 17.8. The molecule has 156 valence electrons. The van der Waals surface area contributed by atoms with Crippen molar-refractivity contribution in [2.75, 3.05) is 34.3 Å². The van der Waals surface area contributed by atoms with E-state index in [1.54, 1.807) is 0 Å². The number of carboxylic acids is 1. The highest BCUT2D eigenvalue weighted by Gasteiger charge is 2.37. The molecule has 0 heterocycles. The number of carbonyl (C=O) groups is 1. The van der Waals surface area contributed by atoms with Crippen LogP contribution in [0.15, 0.2) is 0 Å². The molecule has 2 N–H and O–H groups in total. The summed E-state index contributed by atoms with van der Waals surface area (Å²) in [5.41, 5.74) is 0. The number of aliphatic carboxylic acids is 1. The molecule has 26 heavy (non-hydrogen) atoms. The second kappa shape index (κ2) is 14.4. The van der Waals surface area contributed by atoms with Gasteiger partial charge in [-0.3, -0.25) is 4.79 Å². The molecule has 0 aliphatic rings. The van der Waals surface area contributed by atoms with Gasteiger partial charge in [0.25, 0.3) is 0 Å². The van der Waals surface area contributed by atoms with Gasteiger partial charge in [-0.25, -0.2) is 0 Å². The molecule has 0 aromatic carbocycles. The van der Waals surface area contributed by atoms with Crippen molar-refractivity contribution in [1.29, 1.82) is 0 Å². The topological polar surface area (TPSA) is 66.8 Å². The summed E-state index contributed by atoms with van der Waals surface area (Å²) in [4.78, 5) is 11.0. The monoisotopic (exact) mass is 374 g/mol. The maximum Gasteiger partial charge on any atom is 0.309 e. The molecule has 0 amide bonds. The maximum atomic E-state index is 11.0. The molecule has 0 aromatic heterocycles. The number of likely N-dealkylation sites (N-methyl/N-ethyl adjacent to an activating group) is 1. The molecule has 1 atom stereocenters. The summed E-state index contributed by atoms with van der Waals surface area (Å²) in [6, 6.07) is 0. The van der Waals surface area contributed by atoms with E-state index in [9.17, 15) is 9.90 Å². The summed E-state index contributed by atoms with van der Waals surface area (Å²) in [5, 5.41) is 19.5. The molecule has 0 bridgehead atoms. The zero-order valence-electron chi connectivity index (χ0n) is 17.8. The van der Waals surface area contributed by atoms with Gasteiger partial charge in [0, 0.05) is 0 Å². The number of rotatable bonds is 18. The molecular weight excluding hydrogens is 330 g/mol. The Labute approximate surface area is 161 Å². The summed E-state index contributed by atoms with van der Waals surface area (Å²) in [5.74, 6) is -2.61. The molecule has 0 aliphatic heterocycles. The van der Waals surface area contributed by atoms with Gasteiger partial charge in [0.15, 0.2) is 0 Å². The highest BCUT2D eigenvalue weighted by molar-refractivity contribution is 5.67. The van der Waals surface area contributed by atoms with E-state index in [0.717, 1.165) is 12.8 Å². The van der Waals surface area contributed by atoms with Gasteiger partial charge < -0.3 is 19.4 Å². The number of hydrogen-bond acceptors (Lipinski definition) is 3. The van der Waals surface area contributed by atoms with Crippen LogP contribution in [0.5, 0.6) is 0 Å². The summed E-state index contributed by atoms with van der Waals surface area (Å²) in [7, 11) is 5.75. The molecule has 1 unspecified atom stereocenters. The van der Waals surface area contributed by atoms with Crippen LogP contribution in [0.1, 0.15) is 90.4 Å². The lowest BCUT2D eigenvalue weighted by Crippen LogP contribution is -2.52. The van der Waals surface area contributed by atoms with Crippen LogP contribution in [0.2, 0.25) is 0 Å². The zero-order chi connectivity index (χ0) is 19.9. The lowest BCUT2D eigenvalue weighted by molar-refractivity contribution is -0.881. The fraction of sp³-hybridized carbons (Fsp3) is 0.952. The number of hydrogen-bond donors (Lipinski definition) is 2. The van der Waals surface area contributed by atoms with E-state index >= 15 is 0 Å². The van der Waals surface area contributed by atoms with Crippen molar-refractivity contribution >= 4 is 5.97 Å². The van der Waals surface area contributed by atoms with Crippen molar-refractivity contribution < 1.29 is 24.2 Å². The van der Waals surface area contributed by atoms with Gasteiger partial charge >= 0.3 is 5.97 Å². The number of carboxylic acid groups (broad SMARTS) is 1. The van der Waals surface area contributed by atoms with E-state index in [4.69, 9.17) is 9.84 Å². The Balaban J connectivity index is 3.68. The largest absolute Gasteiger partial charge is 0.481 e. The minimum absolute atomic E-state index is 0.261. The average molecular weight is 375 g/mol. The summed E-state index contributed by atoms with van der Waals surface area (Å²) in [6.45, 7) is 2.93. The molecule has 0 spiro atoms. The van der Waals surface area contributed by atoms with E-state index < -0.39 is 11.8 Å². The maximum absolute atomic E-state index is 11.0. The summed E-state index contributed by atoms with van der Waals surface area (Å²) < 4.78 is 6.03. The van der Waals surface area contributed by atoms with Crippen LogP contribution in [0.25, 0.3) is 0 Å². The smallest absolute Gasteiger partial charge is 0.309 e. The minimum Gasteiger partial charge on any atom is -0.481 e. The third-order valence-electron chi connectivity index (χ3n) is 4.52. The Bertz CT molecular complexity index is 354. The second-order valence-electron chi connectivity index (χ2n) is 8.70. The van der Waals surface area contributed by atoms with Crippen LogP contribution >= 0.6 is 0 Å². The highest BCUT2D eigenvalue weighted by Crippen LogP contribution is 2.18. The van der Waals surface area contributed by atoms with E-state index in [1.165, 1.54) is 64.2 Å². The van der Waals surface area contributed by atoms with Gasteiger partial charge in [-0.15, -0.1) is 0 Å². The van der Waals surface area contributed by atoms with E-state index in [1.807, 2.05) is 21.1 Å². The van der Waals surface area contributed by atoms with Crippen LogP contribution in [-0.4, -0.2) is 60.7 Å². The van der Waals surface area contributed by atoms with Crippen molar-refractivity contribution in [2.45, 2.75) is 96.2 Å². The van der Waals surface area contributed by atoms with Crippen LogP contribution < -0.4 is 0 Å². The van der Waals surface area contributed by atoms with Crippen LogP contribution in [-0.2, 0) is 9.53 Å². The summed E-state index contributed by atoms with van der Waals surface area (Å²) in [6.07, 6.45) is 14.9. The molecule has 0 aliphatic carbocycles. The third-order valence-corrected chi connectivity index (χ3v) is 4.52. The van der Waals surface area contributed by atoms with E-state index in [-0.39, 0.29) is 13.0 Å².